The second kappa shape index (κ2) is 7.74. The van der Waals surface area contributed by atoms with Crippen LogP contribution in [-0.2, 0) is 14.3 Å². The average Bonchev–Trinajstić information content (AvgIpc) is 2.52. The number of carboxylic acid groups (broad SMARTS) is 1. The average molecular weight is 311 g/mol. The van der Waals surface area contributed by atoms with Gasteiger partial charge in [0.1, 0.15) is 0 Å². The molecule has 1 aliphatic heterocycles. The molecule has 0 spiro atoms. The molecule has 1 fully saturated rings. The standard InChI is InChI=1S/C15H18FNO5/c16-11-4-1-2-5-13(11)22-8-3-6-14(18)17-7-9-21-10-12(17)15(19)20/h1-2,4-5,12H,3,6-10H2,(H,19,20)/t12-/m0/s1. The van der Waals surface area contributed by atoms with Crippen LogP contribution in [0.4, 0.5) is 4.39 Å². The van der Waals surface area contributed by atoms with E-state index in [0.29, 0.717) is 13.0 Å². The lowest BCUT2D eigenvalue weighted by Crippen LogP contribution is -2.52. The highest BCUT2D eigenvalue weighted by Gasteiger charge is 2.32. The van der Waals surface area contributed by atoms with Gasteiger partial charge in [-0.25, -0.2) is 9.18 Å². The van der Waals surface area contributed by atoms with E-state index < -0.39 is 17.8 Å². The lowest BCUT2D eigenvalue weighted by Gasteiger charge is -2.32. The van der Waals surface area contributed by atoms with Gasteiger partial charge in [0.2, 0.25) is 5.91 Å². The molecule has 0 aromatic heterocycles. The van der Waals surface area contributed by atoms with Gasteiger partial charge < -0.3 is 19.5 Å². The van der Waals surface area contributed by atoms with E-state index in [2.05, 4.69) is 0 Å². The molecule has 1 saturated heterocycles. The number of hydrogen-bond donors (Lipinski definition) is 1. The lowest BCUT2D eigenvalue weighted by atomic mass is 10.2. The van der Waals surface area contributed by atoms with Crippen molar-refractivity contribution in [3.8, 4) is 5.75 Å². The number of aliphatic carboxylic acids is 1. The van der Waals surface area contributed by atoms with Gasteiger partial charge in [-0.15, -0.1) is 0 Å². The van der Waals surface area contributed by atoms with Gasteiger partial charge in [-0.1, -0.05) is 12.1 Å². The Labute approximate surface area is 127 Å². The maximum atomic E-state index is 13.3. The van der Waals surface area contributed by atoms with Crippen LogP contribution < -0.4 is 4.74 Å². The van der Waals surface area contributed by atoms with E-state index in [1.165, 1.54) is 17.0 Å². The minimum absolute atomic E-state index is 0.00675. The predicted octanol–water partition coefficient (Wildman–Crippen LogP) is 1.30. The van der Waals surface area contributed by atoms with Crippen molar-refractivity contribution in [2.45, 2.75) is 18.9 Å². The molecule has 1 heterocycles. The molecule has 0 aliphatic carbocycles. The molecular weight excluding hydrogens is 293 g/mol. The number of rotatable bonds is 6. The van der Waals surface area contributed by atoms with Crippen molar-refractivity contribution in [3.05, 3.63) is 30.1 Å². The Kier molecular flexibility index (Phi) is 5.71. The summed E-state index contributed by atoms with van der Waals surface area (Å²) >= 11 is 0. The number of carbonyl (C=O) groups is 2. The van der Waals surface area contributed by atoms with Crippen LogP contribution in [-0.4, -0.2) is 54.3 Å². The third kappa shape index (κ3) is 4.17. The fraction of sp³-hybridized carbons (Fsp3) is 0.467. The van der Waals surface area contributed by atoms with Gasteiger partial charge in [0, 0.05) is 13.0 Å². The van der Waals surface area contributed by atoms with Crippen molar-refractivity contribution >= 4 is 11.9 Å². The zero-order valence-electron chi connectivity index (χ0n) is 12.0. The van der Waals surface area contributed by atoms with E-state index in [1.807, 2.05) is 0 Å². The van der Waals surface area contributed by atoms with Crippen molar-refractivity contribution < 1.29 is 28.6 Å². The topological polar surface area (TPSA) is 76.1 Å². The maximum Gasteiger partial charge on any atom is 0.328 e. The molecule has 0 unspecified atom stereocenters. The van der Waals surface area contributed by atoms with E-state index in [-0.39, 0.29) is 37.8 Å². The Morgan fingerprint density at radius 2 is 2.18 bits per heavy atom. The first kappa shape index (κ1) is 16.2. The molecule has 1 N–H and O–H groups in total. The fourth-order valence-electron chi connectivity index (χ4n) is 2.22. The highest BCUT2D eigenvalue weighted by molar-refractivity contribution is 5.83. The first-order valence-electron chi connectivity index (χ1n) is 7.07. The molecule has 22 heavy (non-hydrogen) atoms. The summed E-state index contributed by atoms with van der Waals surface area (Å²) in [5, 5.41) is 9.07. The van der Waals surface area contributed by atoms with Gasteiger partial charge in [-0.3, -0.25) is 4.79 Å². The largest absolute Gasteiger partial charge is 0.491 e. The molecule has 1 aromatic rings. The Hall–Kier alpha value is -2.15. The fourth-order valence-corrected chi connectivity index (χ4v) is 2.22. The number of benzene rings is 1. The van der Waals surface area contributed by atoms with Gasteiger partial charge in [-0.2, -0.15) is 0 Å². The number of hydrogen-bond acceptors (Lipinski definition) is 4. The lowest BCUT2D eigenvalue weighted by molar-refractivity contribution is -0.158. The molecule has 1 amide bonds. The van der Waals surface area contributed by atoms with Crippen molar-refractivity contribution in [2.75, 3.05) is 26.4 Å². The third-order valence-corrected chi connectivity index (χ3v) is 3.36. The summed E-state index contributed by atoms with van der Waals surface area (Å²) in [6, 6.07) is 5.10. The number of morpholine rings is 1. The van der Waals surface area contributed by atoms with E-state index in [1.54, 1.807) is 12.1 Å². The monoisotopic (exact) mass is 311 g/mol. The smallest absolute Gasteiger partial charge is 0.328 e. The number of para-hydroxylation sites is 1. The van der Waals surface area contributed by atoms with Crippen LogP contribution in [0.2, 0.25) is 0 Å². The van der Waals surface area contributed by atoms with Crippen molar-refractivity contribution in [3.63, 3.8) is 0 Å². The Morgan fingerprint density at radius 3 is 2.91 bits per heavy atom. The van der Waals surface area contributed by atoms with E-state index >= 15 is 0 Å². The molecule has 1 aromatic carbocycles. The minimum atomic E-state index is -1.07. The molecule has 6 nitrogen and oxygen atoms in total. The number of nitrogens with zero attached hydrogens (tertiary/aromatic N) is 1. The maximum absolute atomic E-state index is 13.3. The molecule has 0 radical (unpaired) electrons. The summed E-state index contributed by atoms with van der Waals surface area (Å²) in [6.45, 7) is 0.798. The van der Waals surface area contributed by atoms with Crippen LogP contribution in [0, 0.1) is 5.82 Å². The number of amides is 1. The first-order valence-corrected chi connectivity index (χ1v) is 7.07. The Balaban J connectivity index is 1.77. The highest BCUT2D eigenvalue weighted by Crippen LogP contribution is 2.16. The molecule has 2 rings (SSSR count). The van der Waals surface area contributed by atoms with Crippen LogP contribution in [0.3, 0.4) is 0 Å². The van der Waals surface area contributed by atoms with Crippen LogP contribution in [0.25, 0.3) is 0 Å². The van der Waals surface area contributed by atoms with E-state index in [4.69, 9.17) is 14.6 Å². The molecule has 7 heteroatoms. The van der Waals surface area contributed by atoms with Crippen LogP contribution >= 0.6 is 0 Å². The van der Waals surface area contributed by atoms with Crippen LogP contribution in [0.15, 0.2) is 24.3 Å². The summed E-state index contributed by atoms with van der Waals surface area (Å²) in [5.41, 5.74) is 0. The summed E-state index contributed by atoms with van der Waals surface area (Å²) in [6.07, 6.45) is 0.537. The van der Waals surface area contributed by atoms with Gasteiger partial charge in [-0.05, 0) is 18.6 Å². The molecule has 120 valence electrons. The molecule has 1 aliphatic rings. The number of halogens is 1. The normalized spacial score (nSPS) is 18.0. The van der Waals surface area contributed by atoms with Gasteiger partial charge in [0.05, 0.1) is 19.8 Å². The molecule has 1 atom stereocenters. The van der Waals surface area contributed by atoms with Gasteiger partial charge in [0.25, 0.3) is 0 Å². The van der Waals surface area contributed by atoms with Crippen LogP contribution in [0.5, 0.6) is 5.75 Å². The molecule has 0 saturated carbocycles. The Bertz CT molecular complexity index is 536. The van der Waals surface area contributed by atoms with Gasteiger partial charge in [0.15, 0.2) is 17.6 Å². The zero-order valence-corrected chi connectivity index (χ0v) is 12.0. The predicted molar refractivity (Wildman–Crippen MR) is 75.1 cm³/mol. The highest BCUT2D eigenvalue weighted by atomic mass is 19.1. The van der Waals surface area contributed by atoms with Crippen molar-refractivity contribution in [1.29, 1.82) is 0 Å². The number of carbonyl (C=O) groups excluding carboxylic acids is 1. The van der Waals surface area contributed by atoms with Crippen LogP contribution in [0.1, 0.15) is 12.8 Å². The van der Waals surface area contributed by atoms with Crippen molar-refractivity contribution in [2.24, 2.45) is 0 Å². The van der Waals surface area contributed by atoms with E-state index in [0.717, 1.165) is 0 Å². The third-order valence-electron chi connectivity index (χ3n) is 3.36. The van der Waals surface area contributed by atoms with Gasteiger partial charge >= 0.3 is 5.97 Å². The summed E-state index contributed by atoms with van der Waals surface area (Å²) in [4.78, 5) is 24.5. The zero-order chi connectivity index (χ0) is 15.9. The first-order chi connectivity index (χ1) is 10.6. The second-order valence-corrected chi connectivity index (χ2v) is 4.90. The number of ether oxygens (including phenoxy) is 2. The second-order valence-electron chi connectivity index (χ2n) is 4.90. The summed E-state index contributed by atoms with van der Waals surface area (Å²) in [5.74, 6) is -1.64. The van der Waals surface area contributed by atoms with E-state index in [9.17, 15) is 14.0 Å². The van der Waals surface area contributed by atoms with Crippen molar-refractivity contribution in [1.82, 2.24) is 4.90 Å². The summed E-state index contributed by atoms with van der Waals surface area (Å²) in [7, 11) is 0. The number of carboxylic acids is 1. The SMILES string of the molecule is O=C(O)[C@@H]1COCCN1C(=O)CCCOc1ccccc1F. The minimum Gasteiger partial charge on any atom is -0.491 e. The molecular formula is C15H18FNO5. The quantitative estimate of drug-likeness (QED) is 0.801. The molecule has 0 bridgehead atoms. The Morgan fingerprint density at radius 1 is 1.41 bits per heavy atom. The summed E-state index contributed by atoms with van der Waals surface area (Å²) < 4.78 is 23.7.